The van der Waals surface area contributed by atoms with Crippen molar-refractivity contribution in [1.29, 1.82) is 0 Å². The molecule has 0 fully saturated rings. The second kappa shape index (κ2) is 7.63. The molecule has 0 aliphatic heterocycles. The Morgan fingerprint density at radius 1 is 0.808 bits per heavy atom. The number of aliphatic hydroxyl groups excluding tert-OH is 1. The van der Waals surface area contributed by atoms with Crippen LogP contribution in [0.4, 0.5) is 5.69 Å². The fourth-order valence-electron chi connectivity index (χ4n) is 2.94. The largest absolute Gasteiger partial charge is 0.507 e. The van der Waals surface area contributed by atoms with Gasteiger partial charge >= 0.3 is 0 Å². The molecule has 26 heavy (non-hydrogen) atoms. The van der Waals surface area contributed by atoms with Gasteiger partial charge in [-0.3, -0.25) is 9.59 Å². The second-order valence-corrected chi connectivity index (χ2v) is 6.53. The lowest BCUT2D eigenvalue weighted by Crippen LogP contribution is -2.27. The van der Waals surface area contributed by atoms with Crippen molar-refractivity contribution >= 4 is 40.5 Å². The maximum absolute atomic E-state index is 13.0. The van der Waals surface area contributed by atoms with Gasteiger partial charge in [-0.2, -0.15) is 0 Å². The number of carbonyl (C=O) groups excluding carboxylic acids is 2. The Morgan fingerprint density at radius 2 is 1.42 bits per heavy atom. The summed E-state index contributed by atoms with van der Waals surface area (Å²) in [6.07, 6.45) is 0. The van der Waals surface area contributed by atoms with E-state index in [1.54, 1.807) is 0 Å². The van der Waals surface area contributed by atoms with E-state index in [-0.39, 0.29) is 44.7 Å². The molecule has 2 aromatic carbocycles. The van der Waals surface area contributed by atoms with Crippen molar-refractivity contribution in [3.8, 4) is 5.75 Å². The third-order valence-electron chi connectivity index (χ3n) is 4.10. The monoisotopic (exact) mass is 394 g/mol. The molecule has 8 heteroatoms. The zero-order valence-electron chi connectivity index (χ0n) is 13.6. The summed E-state index contributed by atoms with van der Waals surface area (Å²) in [5.41, 5.74) is 0.468. The first-order chi connectivity index (χ1) is 12.5. The maximum atomic E-state index is 13.0. The summed E-state index contributed by atoms with van der Waals surface area (Å²) in [6, 6.07) is 5.81. The second-order valence-electron chi connectivity index (χ2n) is 5.72. The Kier molecular flexibility index (Phi) is 5.48. The highest BCUT2D eigenvalue weighted by molar-refractivity contribution is 6.44. The molecule has 0 radical (unpaired) electrons. The third-order valence-corrected chi connectivity index (χ3v) is 4.73. The minimum Gasteiger partial charge on any atom is -0.507 e. The fourth-order valence-corrected chi connectivity index (χ4v) is 3.43. The minimum atomic E-state index is -0.540. The molecular formula is C18H16Cl2N2O4. The van der Waals surface area contributed by atoms with Crippen LogP contribution in [0.2, 0.25) is 10.0 Å². The summed E-state index contributed by atoms with van der Waals surface area (Å²) < 4.78 is 0. The van der Waals surface area contributed by atoms with Gasteiger partial charge in [-0.1, -0.05) is 23.2 Å². The van der Waals surface area contributed by atoms with E-state index in [0.717, 1.165) is 0 Å². The van der Waals surface area contributed by atoms with Crippen LogP contribution in [0, 0.1) is 0 Å². The van der Waals surface area contributed by atoms with E-state index >= 15 is 0 Å². The van der Waals surface area contributed by atoms with Gasteiger partial charge in [0, 0.05) is 25.3 Å². The number of benzene rings is 2. The number of hydrogen-bond acceptors (Lipinski definition) is 6. The number of rotatable bonds is 6. The molecule has 6 nitrogen and oxygen atoms in total. The van der Waals surface area contributed by atoms with Gasteiger partial charge in [0.05, 0.1) is 38.9 Å². The number of anilines is 1. The average molecular weight is 395 g/mol. The van der Waals surface area contributed by atoms with Gasteiger partial charge in [-0.15, -0.1) is 0 Å². The molecule has 0 saturated heterocycles. The number of phenols is 1. The quantitative estimate of drug-likeness (QED) is 0.378. The van der Waals surface area contributed by atoms with Crippen LogP contribution in [-0.4, -0.2) is 48.0 Å². The maximum Gasteiger partial charge on any atom is 0.199 e. The molecule has 0 atom stereocenters. The van der Waals surface area contributed by atoms with Crippen molar-refractivity contribution in [2.24, 2.45) is 0 Å². The van der Waals surface area contributed by atoms with Crippen LogP contribution in [0.5, 0.6) is 5.75 Å². The molecule has 0 saturated carbocycles. The van der Waals surface area contributed by atoms with E-state index in [2.05, 4.69) is 10.6 Å². The van der Waals surface area contributed by atoms with Gasteiger partial charge in [0.2, 0.25) is 0 Å². The Hall–Kier alpha value is -2.12. The van der Waals surface area contributed by atoms with Crippen LogP contribution < -0.4 is 10.6 Å². The Labute approximate surface area is 159 Å². The van der Waals surface area contributed by atoms with E-state index in [9.17, 15) is 14.7 Å². The number of aliphatic hydroxyl groups is 1. The molecular weight excluding hydrogens is 379 g/mol. The molecule has 3 rings (SSSR count). The summed E-state index contributed by atoms with van der Waals surface area (Å²) >= 11 is 12.3. The topological polar surface area (TPSA) is 98.7 Å². The average Bonchev–Trinajstić information content (AvgIpc) is 2.62. The van der Waals surface area contributed by atoms with Gasteiger partial charge in [0.15, 0.2) is 11.6 Å². The van der Waals surface area contributed by atoms with Gasteiger partial charge in [-0.25, -0.2) is 0 Å². The summed E-state index contributed by atoms with van der Waals surface area (Å²) in [7, 11) is 0. The van der Waals surface area contributed by atoms with E-state index in [1.807, 2.05) is 0 Å². The lowest BCUT2D eigenvalue weighted by atomic mass is 9.82. The van der Waals surface area contributed by atoms with E-state index in [4.69, 9.17) is 28.3 Å². The van der Waals surface area contributed by atoms with Gasteiger partial charge < -0.3 is 20.8 Å². The Balaban J connectivity index is 2.04. The van der Waals surface area contributed by atoms with Crippen LogP contribution >= 0.6 is 23.2 Å². The number of halogens is 2. The van der Waals surface area contributed by atoms with E-state index < -0.39 is 11.6 Å². The molecule has 0 bridgehead atoms. The van der Waals surface area contributed by atoms with Crippen molar-refractivity contribution in [2.45, 2.75) is 0 Å². The first-order valence-corrected chi connectivity index (χ1v) is 8.71. The molecule has 0 aromatic heterocycles. The van der Waals surface area contributed by atoms with Gasteiger partial charge in [-0.05, 0) is 24.3 Å². The summed E-state index contributed by atoms with van der Waals surface area (Å²) in [5.74, 6) is -1.30. The van der Waals surface area contributed by atoms with Crippen molar-refractivity contribution in [1.82, 2.24) is 5.32 Å². The zero-order chi connectivity index (χ0) is 18.8. The number of ketones is 2. The highest BCUT2D eigenvalue weighted by Crippen LogP contribution is 2.41. The van der Waals surface area contributed by atoms with Crippen molar-refractivity contribution in [3.05, 3.63) is 56.6 Å². The summed E-state index contributed by atoms with van der Waals surface area (Å²) in [6.45, 7) is 1.47. The minimum absolute atomic E-state index is 0.00808. The molecule has 1 aliphatic rings. The molecule has 0 spiro atoms. The third kappa shape index (κ3) is 3.17. The first-order valence-electron chi connectivity index (χ1n) is 7.96. The normalized spacial score (nSPS) is 12.7. The predicted molar refractivity (Wildman–Crippen MR) is 99.9 cm³/mol. The van der Waals surface area contributed by atoms with Crippen LogP contribution in [0.3, 0.4) is 0 Å². The smallest absolute Gasteiger partial charge is 0.199 e. The van der Waals surface area contributed by atoms with Crippen molar-refractivity contribution < 1.29 is 19.8 Å². The standard InChI is InChI=1S/C18H16Cl2N2O4/c19-9-1-2-10(20)14-13(9)17(25)15-11(22-6-5-21-7-8-23)3-4-12(24)16(15)18(14)26/h1-4,21-24H,5-8H2. The van der Waals surface area contributed by atoms with Crippen LogP contribution in [0.25, 0.3) is 0 Å². The Bertz CT molecular complexity index is 899. The molecule has 136 valence electrons. The van der Waals surface area contributed by atoms with E-state index in [0.29, 0.717) is 25.3 Å². The summed E-state index contributed by atoms with van der Waals surface area (Å²) in [4.78, 5) is 25.9. The van der Waals surface area contributed by atoms with Crippen LogP contribution in [0.1, 0.15) is 31.8 Å². The Morgan fingerprint density at radius 3 is 2.04 bits per heavy atom. The lowest BCUT2D eigenvalue weighted by molar-refractivity contribution is 0.0977. The first kappa shape index (κ1) is 18.7. The molecule has 0 heterocycles. The lowest BCUT2D eigenvalue weighted by Gasteiger charge is -2.23. The molecule has 4 N–H and O–H groups in total. The molecule has 2 aromatic rings. The number of aromatic hydroxyl groups is 1. The molecule has 0 amide bonds. The van der Waals surface area contributed by atoms with Crippen molar-refractivity contribution in [2.75, 3.05) is 31.6 Å². The zero-order valence-corrected chi connectivity index (χ0v) is 15.1. The number of carbonyl (C=O) groups is 2. The highest BCUT2D eigenvalue weighted by Gasteiger charge is 2.37. The highest BCUT2D eigenvalue weighted by atomic mass is 35.5. The number of nitrogens with one attached hydrogen (secondary N) is 2. The predicted octanol–water partition coefficient (Wildman–Crippen LogP) is 2.47. The van der Waals surface area contributed by atoms with Gasteiger partial charge in [0.1, 0.15) is 5.75 Å². The van der Waals surface area contributed by atoms with Crippen LogP contribution in [0.15, 0.2) is 24.3 Å². The SMILES string of the molecule is O=C1c2c(O)ccc(NCCNCCO)c2C(=O)c2c(Cl)ccc(Cl)c21. The van der Waals surface area contributed by atoms with E-state index in [1.165, 1.54) is 24.3 Å². The number of hydrogen-bond donors (Lipinski definition) is 4. The van der Waals surface area contributed by atoms with Crippen LogP contribution in [-0.2, 0) is 0 Å². The fraction of sp³-hybridized carbons (Fsp3) is 0.222. The number of fused-ring (bicyclic) bond motifs is 2. The molecule has 1 aliphatic carbocycles. The van der Waals surface area contributed by atoms with Crippen molar-refractivity contribution in [3.63, 3.8) is 0 Å². The molecule has 0 unspecified atom stereocenters. The summed E-state index contributed by atoms with van der Waals surface area (Å²) in [5, 5.41) is 25.2. The van der Waals surface area contributed by atoms with Gasteiger partial charge in [0.25, 0.3) is 0 Å². The number of phenolic OH excluding ortho intramolecular Hbond substituents is 1.